The van der Waals surface area contributed by atoms with Crippen LogP contribution in [0.4, 0.5) is 0 Å². The van der Waals surface area contributed by atoms with E-state index >= 15 is 0 Å². The largest absolute Gasteiger partial charge is 0.339 e. The maximum Gasteiger partial charge on any atom is 0.254 e. The summed E-state index contributed by atoms with van der Waals surface area (Å²) in [5.41, 5.74) is 1.58. The van der Waals surface area contributed by atoms with Gasteiger partial charge in [0, 0.05) is 63.3 Å². The Balaban J connectivity index is 1.81. The molecule has 2 rings (SSSR count). The molecule has 0 spiro atoms. The Bertz CT molecular complexity index is 939. The van der Waals surface area contributed by atoms with Gasteiger partial charge in [-0.2, -0.15) is 0 Å². The monoisotopic (exact) mass is 609 g/mol. The second kappa shape index (κ2) is 23.6. The third-order valence-electron chi connectivity index (χ3n) is 8.56. The van der Waals surface area contributed by atoms with E-state index in [1.54, 1.807) is 0 Å². The number of carbonyl (C=O) groups excluding carboxylic acids is 2. The highest BCUT2D eigenvalue weighted by molar-refractivity contribution is 5.94. The van der Waals surface area contributed by atoms with Crippen molar-refractivity contribution < 1.29 is 18.7 Å². The molecular weight excluding hydrogens is 544 g/mol. The van der Waals surface area contributed by atoms with Crippen LogP contribution in [0.2, 0.25) is 0 Å². The molecule has 44 heavy (non-hydrogen) atoms. The lowest BCUT2D eigenvalue weighted by Crippen LogP contribution is -2.36. The molecule has 0 N–H and O–H groups in total. The van der Waals surface area contributed by atoms with E-state index in [-0.39, 0.29) is 11.8 Å². The van der Waals surface area contributed by atoms with Crippen LogP contribution in [0.1, 0.15) is 151 Å². The minimum atomic E-state index is 0.151. The van der Waals surface area contributed by atoms with E-state index < -0.39 is 0 Å². The third kappa shape index (κ3) is 14.8. The van der Waals surface area contributed by atoms with Gasteiger partial charge < -0.3 is 9.80 Å². The third-order valence-corrected chi connectivity index (χ3v) is 8.56. The molecule has 0 unspecified atom stereocenters. The van der Waals surface area contributed by atoms with Gasteiger partial charge >= 0.3 is 0 Å². The normalized spacial score (nSPS) is 11.1. The van der Waals surface area contributed by atoms with Crippen LogP contribution >= 0.6 is 0 Å². The number of carbonyl (C=O) groups is 2. The first kappa shape index (κ1) is 37.4. The molecule has 0 saturated heterocycles. The summed E-state index contributed by atoms with van der Waals surface area (Å²) < 4.78 is 4.39. The molecule has 2 aromatic heterocycles. The van der Waals surface area contributed by atoms with Gasteiger partial charge in [0.25, 0.3) is 11.8 Å². The van der Waals surface area contributed by atoms with Crippen molar-refractivity contribution in [2.24, 2.45) is 0 Å². The fraction of sp³-hybridized carbons (Fsp3) is 0.684. The maximum absolute atomic E-state index is 13.4. The maximum atomic E-state index is 13.4. The van der Waals surface area contributed by atoms with Crippen LogP contribution in [0.5, 0.6) is 0 Å². The van der Waals surface area contributed by atoms with Gasteiger partial charge in [0.1, 0.15) is 13.1 Å². The average Bonchev–Trinajstić information content (AvgIpc) is 3.05. The first-order valence-corrected chi connectivity index (χ1v) is 18.1. The zero-order valence-corrected chi connectivity index (χ0v) is 28.8. The van der Waals surface area contributed by atoms with Crippen molar-refractivity contribution in [2.75, 3.05) is 26.2 Å². The van der Waals surface area contributed by atoms with Crippen molar-refractivity contribution in [3.63, 3.8) is 0 Å². The number of rotatable bonds is 25. The topological polar surface area (TPSA) is 48.4 Å². The molecule has 0 aromatic carbocycles. The first-order valence-electron chi connectivity index (χ1n) is 18.1. The highest BCUT2D eigenvalue weighted by atomic mass is 16.2. The first-order chi connectivity index (χ1) is 21.5. The van der Waals surface area contributed by atoms with E-state index in [1.165, 1.54) is 51.4 Å². The number of hydrogen-bond acceptors (Lipinski definition) is 2. The van der Waals surface area contributed by atoms with E-state index in [0.29, 0.717) is 0 Å². The molecule has 0 radical (unpaired) electrons. The van der Waals surface area contributed by atoms with Gasteiger partial charge in [-0.25, -0.2) is 9.13 Å². The van der Waals surface area contributed by atoms with Crippen LogP contribution in [0.25, 0.3) is 0 Å². The number of amides is 2. The van der Waals surface area contributed by atoms with Crippen molar-refractivity contribution in [3.8, 4) is 0 Å². The molecule has 0 saturated carbocycles. The fourth-order valence-corrected chi connectivity index (χ4v) is 5.59. The standard InChI is InChI=1S/C38H64N4O2/c1-5-9-13-17-25-39-31-21-35(22-32-39)37(43)41(27-11-7-3)29-19-15-16-20-30-42(28-12-8-4)38(44)36-23-33-40(34-24-36)26-18-14-10-6-2/h21-24,31-34H,5-20,25-30H2,1-4H3/q+2. The Morgan fingerprint density at radius 3 is 1.11 bits per heavy atom. The summed E-state index contributed by atoms with van der Waals surface area (Å²) in [7, 11) is 0. The van der Waals surface area contributed by atoms with Crippen LogP contribution < -0.4 is 9.13 Å². The predicted molar refractivity (Wildman–Crippen MR) is 182 cm³/mol. The number of unbranched alkanes of at least 4 members (excludes halogenated alkanes) is 11. The van der Waals surface area contributed by atoms with Crippen molar-refractivity contribution in [3.05, 3.63) is 60.2 Å². The number of pyridine rings is 2. The lowest BCUT2D eigenvalue weighted by molar-refractivity contribution is -0.697. The minimum Gasteiger partial charge on any atom is -0.339 e. The summed E-state index contributed by atoms with van der Waals surface area (Å²) in [4.78, 5) is 30.8. The molecule has 2 heterocycles. The van der Waals surface area contributed by atoms with E-state index in [9.17, 15) is 9.59 Å². The van der Waals surface area contributed by atoms with E-state index in [4.69, 9.17) is 0 Å². The summed E-state index contributed by atoms with van der Waals surface area (Å²) in [6.07, 6.45) is 26.6. The van der Waals surface area contributed by atoms with Crippen LogP contribution in [-0.2, 0) is 13.1 Å². The number of nitrogens with zero attached hydrogens (tertiary/aromatic N) is 4. The molecule has 0 atom stereocenters. The van der Waals surface area contributed by atoms with Crippen molar-refractivity contribution in [1.82, 2.24) is 9.80 Å². The quantitative estimate of drug-likeness (QED) is 0.0843. The Morgan fingerprint density at radius 1 is 0.455 bits per heavy atom. The zero-order valence-electron chi connectivity index (χ0n) is 28.8. The van der Waals surface area contributed by atoms with Gasteiger partial charge in [0.05, 0.1) is 11.1 Å². The second-order valence-corrected chi connectivity index (χ2v) is 12.5. The molecule has 246 valence electrons. The molecule has 6 heteroatoms. The van der Waals surface area contributed by atoms with E-state index in [1.807, 2.05) is 34.1 Å². The molecule has 2 aromatic rings. The molecule has 6 nitrogen and oxygen atoms in total. The minimum absolute atomic E-state index is 0.151. The zero-order chi connectivity index (χ0) is 31.8. The molecule has 0 aliphatic rings. The highest BCUT2D eigenvalue weighted by Gasteiger charge is 2.18. The Hall–Kier alpha value is -2.76. The highest BCUT2D eigenvalue weighted by Crippen LogP contribution is 2.12. The SMILES string of the molecule is CCCCCC[n+]1ccc(C(=O)N(CCCC)CCCCCCN(CCCC)C(=O)c2cc[n+](CCCCCC)cc2)cc1. The summed E-state index contributed by atoms with van der Waals surface area (Å²) in [6, 6.07) is 7.96. The summed E-state index contributed by atoms with van der Waals surface area (Å²) >= 11 is 0. The molecule has 2 amide bonds. The summed E-state index contributed by atoms with van der Waals surface area (Å²) in [6.45, 7) is 14.1. The fourth-order valence-electron chi connectivity index (χ4n) is 5.59. The number of aromatic nitrogens is 2. The van der Waals surface area contributed by atoms with Crippen LogP contribution in [0.3, 0.4) is 0 Å². The van der Waals surface area contributed by atoms with Crippen LogP contribution in [-0.4, -0.2) is 47.8 Å². The van der Waals surface area contributed by atoms with Crippen molar-refractivity contribution in [2.45, 2.75) is 144 Å². The van der Waals surface area contributed by atoms with Crippen LogP contribution in [0.15, 0.2) is 49.1 Å². The van der Waals surface area contributed by atoms with Gasteiger partial charge in [-0.1, -0.05) is 79.1 Å². The van der Waals surface area contributed by atoms with E-state index in [0.717, 1.165) is 102 Å². The molecule has 0 aliphatic carbocycles. The second-order valence-electron chi connectivity index (χ2n) is 12.5. The summed E-state index contributed by atoms with van der Waals surface area (Å²) in [5.74, 6) is 0.302. The molecule has 0 bridgehead atoms. The number of aryl methyl sites for hydroxylation is 2. The lowest BCUT2D eigenvalue weighted by Gasteiger charge is -2.23. The lowest BCUT2D eigenvalue weighted by atomic mass is 10.1. The van der Waals surface area contributed by atoms with Gasteiger partial charge in [0.2, 0.25) is 0 Å². The molecular formula is C38H64N4O2+2. The van der Waals surface area contributed by atoms with E-state index in [2.05, 4.69) is 61.6 Å². The Morgan fingerprint density at radius 2 is 0.773 bits per heavy atom. The smallest absolute Gasteiger partial charge is 0.254 e. The Kier molecular flexibility index (Phi) is 20.1. The van der Waals surface area contributed by atoms with Crippen molar-refractivity contribution >= 4 is 11.8 Å². The van der Waals surface area contributed by atoms with Gasteiger partial charge in [0.15, 0.2) is 24.8 Å². The van der Waals surface area contributed by atoms with Gasteiger partial charge in [-0.3, -0.25) is 9.59 Å². The van der Waals surface area contributed by atoms with Crippen LogP contribution in [0, 0.1) is 0 Å². The van der Waals surface area contributed by atoms with Gasteiger partial charge in [-0.05, 0) is 38.5 Å². The Labute approximate surface area is 269 Å². The molecule has 0 aliphatic heterocycles. The number of hydrogen-bond donors (Lipinski definition) is 0. The molecule has 0 fully saturated rings. The van der Waals surface area contributed by atoms with Crippen molar-refractivity contribution in [1.29, 1.82) is 0 Å². The average molecular weight is 609 g/mol. The predicted octanol–water partition coefficient (Wildman–Crippen LogP) is 8.17. The van der Waals surface area contributed by atoms with Gasteiger partial charge in [-0.15, -0.1) is 0 Å². The summed E-state index contributed by atoms with van der Waals surface area (Å²) in [5, 5.41) is 0.